The largest absolute Gasteiger partial charge is 0 e. The first-order chi connectivity index (χ1) is 21.3. The summed E-state index contributed by atoms with van der Waals surface area (Å²) in [6.07, 6.45) is 12.3. The van der Waals surface area contributed by atoms with Crippen LogP contribution >= 0.6 is 15.8 Å². The van der Waals surface area contributed by atoms with Gasteiger partial charge in [0, 0.05) is 29.5 Å². The van der Waals surface area contributed by atoms with Crippen LogP contribution in [-0.4, -0.2) is 43.1 Å². The summed E-state index contributed by atoms with van der Waals surface area (Å²) in [6.45, 7) is 6.06. The number of benzene rings is 4. The molecule has 1 aliphatic rings. The molecule has 5 rings (SSSR count). The van der Waals surface area contributed by atoms with Gasteiger partial charge in [-0.1, -0.05) is 92.6 Å². The standard InChI is InChI=1S/C34H36N2P2.C2H4N.CO.Fe/c1-5-15-29(16-6-1)37(30-17-7-2-8-18-30)27-25-35-33-23-13-14-24-34(33)36-26-28-38(31-19-9-3-10-20-31)32-21-11-4-12-22-32;1-2-3;1-2;/h1-12,15-22,25-26,33-34H,13-14,23-24,27-28H2;2H,1H3;;/q;-1;;/p+2/t33-,34-;;;/m1.../s1. The number of nitrogens with zero attached hydrogens (tertiary/aromatic N) is 3. The summed E-state index contributed by atoms with van der Waals surface area (Å²) < 4.78 is 7.50. The van der Waals surface area contributed by atoms with E-state index in [1.165, 1.54) is 34.1 Å². The number of hydrogen-bond donors (Lipinski definition) is 0. The van der Waals surface area contributed by atoms with E-state index in [9.17, 15) is 0 Å². The van der Waals surface area contributed by atoms with E-state index in [-0.39, 0.29) is 17.1 Å². The zero-order chi connectivity index (χ0) is 30.5. The van der Waals surface area contributed by atoms with Gasteiger partial charge in [-0.05, 0) is 61.4 Å². The van der Waals surface area contributed by atoms with Gasteiger partial charge < -0.3 is 5.41 Å². The maximum atomic E-state index is 7.50. The second-order valence-corrected chi connectivity index (χ2v) is 15.2. The van der Waals surface area contributed by atoms with E-state index in [0.717, 1.165) is 31.4 Å². The molecule has 4 nitrogen and oxygen atoms in total. The van der Waals surface area contributed by atoms with Crippen LogP contribution in [0.4, 0.5) is 0 Å². The van der Waals surface area contributed by atoms with E-state index in [1.807, 2.05) is 0 Å². The first-order valence-corrected chi connectivity index (χ1v) is 18.3. The second-order valence-electron chi connectivity index (χ2n) is 10.2. The normalized spacial score (nSPS) is 15.9. The van der Waals surface area contributed by atoms with Crippen molar-refractivity contribution in [2.24, 2.45) is 9.98 Å². The molecule has 0 aromatic heterocycles. The molecule has 1 aliphatic carbocycles. The van der Waals surface area contributed by atoms with Crippen molar-refractivity contribution in [1.82, 2.24) is 0 Å². The Bertz CT molecular complexity index is 1200. The molecule has 0 radical (unpaired) electrons. The van der Waals surface area contributed by atoms with Gasteiger partial charge in [0.1, 0.15) is 12.3 Å². The summed E-state index contributed by atoms with van der Waals surface area (Å²) in [7, 11) is -1.78. The van der Waals surface area contributed by atoms with Crippen molar-refractivity contribution in [1.29, 1.82) is 0 Å². The Labute approximate surface area is 276 Å². The Balaban J connectivity index is 0.00000106. The van der Waals surface area contributed by atoms with Gasteiger partial charge in [0.05, 0.1) is 49.1 Å². The third-order valence-electron chi connectivity index (χ3n) is 7.37. The molecule has 1 saturated carbocycles. The molecule has 0 unspecified atom stereocenters. The Kier molecular flexibility index (Phi) is 19.0. The summed E-state index contributed by atoms with van der Waals surface area (Å²) in [5, 5.41) is 13.2. The maximum Gasteiger partial charge on any atom is 0 e. The molecule has 4 aromatic carbocycles. The molecule has 0 saturated heterocycles. The van der Waals surface area contributed by atoms with E-state index < -0.39 is 15.8 Å². The van der Waals surface area contributed by atoms with Gasteiger partial charge in [-0.3, -0.25) is 9.98 Å². The molecule has 0 heterocycles. The topological polar surface area (TPSA) is 66.9 Å². The third-order valence-corrected chi connectivity index (χ3v) is 12.7. The number of aliphatic imine (C=N–C) groups is 2. The summed E-state index contributed by atoms with van der Waals surface area (Å²) in [5.41, 5.74) is 0. The van der Waals surface area contributed by atoms with E-state index >= 15 is 0 Å². The van der Waals surface area contributed by atoms with Crippen LogP contribution in [0.25, 0.3) is 5.41 Å². The van der Waals surface area contributed by atoms with Crippen molar-refractivity contribution in [2.45, 2.75) is 44.7 Å². The van der Waals surface area contributed by atoms with Gasteiger partial charge in [-0.2, -0.15) is 0 Å². The van der Waals surface area contributed by atoms with E-state index in [1.54, 1.807) is 6.92 Å². The van der Waals surface area contributed by atoms with Crippen molar-refractivity contribution in [3.63, 3.8) is 0 Å². The van der Waals surface area contributed by atoms with Crippen LogP contribution in [0.15, 0.2) is 131 Å². The minimum absolute atomic E-state index is 0. The second kappa shape index (κ2) is 22.5. The zero-order valence-corrected chi connectivity index (χ0v) is 28.4. The molecule has 1 fully saturated rings. The van der Waals surface area contributed by atoms with Gasteiger partial charge in [-0.25, -0.2) is 6.21 Å². The molecular weight excluding hydrogens is 620 g/mol. The van der Waals surface area contributed by atoms with Crippen LogP contribution in [0.2, 0.25) is 0 Å². The first kappa shape index (κ1) is 37.2. The van der Waals surface area contributed by atoms with Crippen molar-refractivity contribution >= 4 is 55.7 Å². The average molecular weight is 663 g/mol. The van der Waals surface area contributed by atoms with E-state index in [0.29, 0.717) is 12.1 Å². The zero-order valence-electron chi connectivity index (χ0n) is 25.3. The fourth-order valence-corrected chi connectivity index (χ4v) is 9.93. The Morgan fingerprint density at radius 2 is 0.864 bits per heavy atom. The van der Waals surface area contributed by atoms with E-state index in [4.69, 9.17) is 20.0 Å². The molecule has 44 heavy (non-hydrogen) atoms. The van der Waals surface area contributed by atoms with E-state index in [2.05, 4.69) is 140 Å². The molecule has 0 amide bonds. The molecular formula is C37H42FeN3OP2+. The predicted octanol–water partition coefficient (Wildman–Crippen LogP) is 6.78. The van der Waals surface area contributed by atoms with Crippen molar-refractivity contribution < 1.29 is 21.7 Å². The van der Waals surface area contributed by atoms with Crippen LogP contribution in [-0.2, 0) is 21.7 Å². The fourth-order valence-electron chi connectivity index (χ4n) is 5.36. The Morgan fingerprint density at radius 3 is 1.11 bits per heavy atom. The molecule has 0 spiro atoms. The van der Waals surface area contributed by atoms with Crippen molar-refractivity contribution in [2.75, 3.05) is 12.3 Å². The van der Waals surface area contributed by atoms with Gasteiger partial charge in [-0.15, -0.1) is 0 Å². The van der Waals surface area contributed by atoms with Crippen LogP contribution in [0, 0.1) is 6.65 Å². The third kappa shape index (κ3) is 12.2. The molecule has 228 valence electrons. The molecule has 0 N–H and O–H groups in total. The summed E-state index contributed by atoms with van der Waals surface area (Å²) in [4.78, 5) is 10.3. The SMILES string of the molecule is C(C[PH+](c1ccccc1)c1ccccc1)=N[C@@H]1CCCC[C@H]1N=CC[PH+](c1ccccc1)c1ccccc1.CC=[N-].[C-]#[O+].[Fe]. The molecule has 0 aliphatic heterocycles. The molecule has 7 heteroatoms. The average Bonchev–Trinajstić information content (AvgIpc) is 3.08. The first-order valence-electron chi connectivity index (χ1n) is 14.9. The smallest absolute Gasteiger partial charge is 0 e. The van der Waals surface area contributed by atoms with Crippen molar-refractivity contribution in [3.05, 3.63) is 133 Å². The predicted molar refractivity (Wildman–Crippen MR) is 193 cm³/mol. The summed E-state index contributed by atoms with van der Waals surface area (Å²) in [6, 6.07) is 44.5. The van der Waals surface area contributed by atoms with Crippen LogP contribution in [0.3, 0.4) is 0 Å². The number of rotatable bonds is 10. The Morgan fingerprint density at radius 1 is 0.614 bits per heavy atom. The Hall–Kier alpha value is -2.99. The van der Waals surface area contributed by atoms with Gasteiger partial charge in [0.2, 0.25) is 0 Å². The van der Waals surface area contributed by atoms with Gasteiger partial charge >= 0.3 is 11.3 Å². The molecule has 2 atom stereocenters. The van der Waals surface area contributed by atoms with Gasteiger partial charge in [0.15, 0.2) is 0 Å². The maximum absolute atomic E-state index is 7.50. The molecule has 4 aromatic rings. The summed E-state index contributed by atoms with van der Waals surface area (Å²) >= 11 is 0. The fraction of sp³-hybridized carbons (Fsp3) is 0.243. The van der Waals surface area contributed by atoms with Crippen molar-refractivity contribution in [3.8, 4) is 0 Å². The molecule has 0 bridgehead atoms. The van der Waals surface area contributed by atoms with Crippen LogP contribution in [0.5, 0.6) is 0 Å². The minimum atomic E-state index is -0.889. The van der Waals surface area contributed by atoms with Gasteiger partial charge in [0.25, 0.3) is 0 Å². The monoisotopic (exact) mass is 662 g/mol. The minimum Gasteiger partial charge on any atom is 0 e. The summed E-state index contributed by atoms with van der Waals surface area (Å²) in [5.74, 6) is 0. The van der Waals surface area contributed by atoms with Crippen LogP contribution < -0.4 is 21.2 Å². The van der Waals surface area contributed by atoms with Crippen LogP contribution in [0.1, 0.15) is 32.6 Å². The number of hydrogen-bond acceptors (Lipinski definition) is 2. The quantitative estimate of drug-likeness (QED) is 0.0592.